The van der Waals surface area contributed by atoms with Crippen LogP contribution in [-0.2, 0) is 0 Å². The Hall–Kier alpha value is -2.40. The van der Waals surface area contributed by atoms with Gasteiger partial charge in [0.25, 0.3) is 0 Å². The SMILES string of the molecule is OC(c1c(C2CC2)ccn2cncc12)C1CCN(c2cccnc2)CC1. The quantitative estimate of drug-likeness (QED) is 0.783. The molecule has 5 rings (SSSR count). The third kappa shape index (κ3) is 2.76. The molecule has 1 saturated carbocycles. The number of hydrogen-bond donors (Lipinski definition) is 1. The molecular formula is C21H24N4O. The first kappa shape index (κ1) is 15.8. The minimum absolute atomic E-state index is 0.293. The molecule has 0 aromatic carbocycles. The summed E-state index contributed by atoms with van der Waals surface area (Å²) in [6, 6.07) is 6.29. The molecule has 0 bridgehead atoms. The highest BCUT2D eigenvalue weighted by molar-refractivity contribution is 5.59. The predicted octanol–water partition coefficient (Wildman–Crippen LogP) is 3.56. The lowest BCUT2D eigenvalue weighted by Gasteiger charge is -2.36. The summed E-state index contributed by atoms with van der Waals surface area (Å²) in [4.78, 5) is 10.9. The molecule has 1 aliphatic carbocycles. The van der Waals surface area contributed by atoms with Gasteiger partial charge in [0.05, 0.1) is 36.0 Å². The van der Waals surface area contributed by atoms with Crippen LogP contribution in [0.2, 0.25) is 0 Å². The molecule has 1 saturated heterocycles. The van der Waals surface area contributed by atoms with Crippen molar-refractivity contribution in [1.29, 1.82) is 0 Å². The van der Waals surface area contributed by atoms with E-state index in [9.17, 15) is 5.11 Å². The Morgan fingerprint density at radius 1 is 1.04 bits per heavy atom. The van der Waals surface area contributed by atoms with Crippen LogP contribution in [0, 0.1) is 5.92 Å². The lowest BCUT2D eigenvalue weighted by Crippen LogP contribution is -2.35. The highest BCUT2D eigenvalue weighted by atomic mass is 16.3. The van der Waals surface area contributed by atoms with Crippen LogP contribution in [0.15, 0.2) is 49.3 Å². The zero-order chi connectivity index (χ0) is 17.5. The van der Waals surface area contributed by atoms with Crippen LogP contribution in [0.3, 0.4) is 0 Å². The van der Waals surface area contributed by atoms with Crippen LogP contribution in [0.5, 0.6) is 0 Å². The summed E-state index contributed by atoms with van der Waals surface area (Å²) < 4.78 is 2.04. The summed E-state index contributed by atoms with van der Waals surface area (Å²) in [6.07, 6.45) is 13.6. The molecule has 5 heteroatoms. The number of anilines is 1. The van der Waals surface area contributed by atoms with Crippen molar-refractivity contribution in [1.82, 2.24) is 14.4 Å². The molecule has 5 nitrogen and oxygen atoms in total. The molecule has 0 radical (unpaired) electrons. The average molecular weight is 348 g/mol. The third-order valence-corrected chi connectivity index (χ3v) is 5.98. The standard InChI is InChI=1S/C21H24N4O/c26-21(16-5-9-24(10-6-16)17-2-1-8-22-12-17)20-18(15-3-4-15)7-11-25-14-23-13-19(20)25/h1-2,7-8,11-16,21,26H,3-6,9-10H2. The van der Waals surface area contributed by atoms with Crippen LogP contribution in [0.4, 0.5) is 5.69 Å². The molecule has 4 heterocycles. The number of aliphatic hydroxyl groups excluding tert-OH is 1. The summed E-state index contributed by atoms with van der Waals surface area (Å²) in [5.41, 5.74) is 4.70. The second-order valence-corrected chi connectivity index (χ2v) is 7.63. The highest BCUT2D eigenvalue weighted by Crippen LogP contribution is 2.46. The number of imidazole rings is 1. The highest BCUT2D eigenvalue weighted by Gasteiger charge is 2.33. The van der Waals surface area contributed by atoms with Crippen molar-refractivity contribution in [2.24, 2.45) is 5.92 Å². The van der Waals surface area contributed by atoms with Crippen LogP contribution in [0.25, 0.3) is 5.52 Å². The van der Waals surface area contributed by atoms with Gasteiger partial charge in [-0.1, -0.05) is 0 Å². The summed E-state index contributed by atoms with van der Waals surface area (Å²) in [6.45, 7) is 1.93. The van der Waals surface area contributed by atoms with Crippen molar-refractivity contribution in [2.75, 3.05) is 18.0 Å². The van der Waals surface area contributed by atoms with Gasteiger partial charge in [0.1, 0.15) is 0 Å². The smallest absolute Gasteiger partial charge is 0.0992 e. The number of aliphatic hydroxyl groups is 1. The van der Waals surface area contributed by atoms with E-state index in [4.69, 9.17) is 0 Å². The van der Waals surface area contributed by atoms with E-state index >= 15 is 0 Å². The van der Waals surface area contributed by atoms with Crippen LogP contribution in [0.1, 0.15) is 48.8 Å². The zero-order valence-electron chi connectivity index (χ0n) is 14.8. The van der Waals surface area contributed by atoms with Gasteiger partial charge in [-0.2, -0.15) is 0 Å². The largest absolute Gasteiger partial charge is 0.388 e. The van der Waals surface area contributed by atoms with E-state index in [1.165, 1.54) is 24.1 Å². The normalized spacial score (nSPS) is 19.8. The minimum Gasteiger partial charge on any atom is -0.388 e. The maximum absolute atomic E-state index is 11.3. The number of piperidine rings is 1. The summed E-state index contributed by atoms with van der Waals surface area (Å²) >= 11 is 0. The molecule has 1 unspecified atom stereocenters. The van der Waals surface area contributed by atoms with Crippen LogP contribution >= 0.6 is 0 Å². The van der Waals surface area contributed by atoms with Gasteiger partial charge in [0, 0.05) is 31.0 Å². The Balaban J connectivity index is 1.39. The number of fused-ring (bicyclic) bond motifs is 1. The minimum atomic E-state index is -0.415. The molecular weight excluding hydrogens is 324 g/mol. The topological polar surface area (TPSA) is 53.7 Å². The maximum Gasteiger partial charge on any atom is 0.0992 e. The molecule has 1 aliphatic heterocycles. The van der Waals surface area contributed by atoms with Gasteiger partial charge in [-0.3, -0.25) is 4.98 Å². The second kappa shape index (κ2) is 6.40. The number of rotatable bonds is 4. The van der Waals surface area contributed by atoms with E-state index in [1.54, 1.807) is 0 Å². The van der Waals surface area contributed by atoms with Crippen molar-refractivity contribution in [3.05, 3.63) is 60.4 Å². The summed E-state index contributed by atoms with van der Waals surface area (Å²) in [5.74, 6) is 0.913. The fraction of sp³-hybridized carbons (Fsp3) is 0.429. The molecule has 1 N–H and O–H groups in total. The first-order valence-corrected chi connectivity index (χ1v) is 9.59. The van der Waals surface area contributed by atoms with E-state index in [-0.39, 0.29) is 0 Å². The monoisotopic (exact) mass is 348 g/mol. The number of pyridine rings is 2. The van der Waals surface area contributed by atoms with Crippen molar-refractivity contribution in [3.63, 3.8) is 0 Å². The third-order valence-electron chi connectivity index (χ3n) is 5.98. The van der Waals surface area contributed by atoms with Gasteiger partial charge in [-0.25, -0.2) is 4.98 Å². The molecule has 0 spiro atoms. The molecule has 26 heavy (non-hydrogen) atoms. The van der Waals surface area contributed by atoms with Crippen molar-refractivity contribution in [3.8, 4) is 0 Å². The maximum atomic E-state index is 11.3. The molecule has 3 aromatic heterocycles. The van der Waals surface area contributed by atoms with Crippen LogP contribution in [-0.4, -0.2) is 32.6 Å². The summed E-state index contributed by atoms with van der Waals surface area (Å²) in [7, 11) is 0. The first-order valence-electron chi connectivity index (χ1n) is 9.59. The Labute approximate surface area is 153 Å². The van der Waals surface area contributed by atoms with E-state index in [1.807, 2.05) is 35.4 Å². The Morgan fingerprint density at radius 3 is 2.62 bits per heavy atom. The molecule has 1 atom stereocenters. The first-order chi connectivity index (χ1) is 12.8. The Bertz CT molecular complexity index is 895. The van der Waals surface area contributed by atoms with E-state index < -0.39 is 6.10 Å². The van der Waals surface area contributed by atoms with Gasteiger partial charge in [-0.05, 0) is 61.3 Å². The second-order valence-electron chi connectivity index (χ2n) is 7.63. The zero-order valence-corrected chi connectivity index (χ0v) is 14.8. The van der Waals surface area contributed by atoms with Gasteiger partial charge in [0.15, 0.2) is 0 Å². The molecule has 2 fully saturated rings. The average Bonchev–Trinajstić information content (AvgIpc) is 3.44. The number of nitrogens with zero attached hydrogens (tertiary/aromatic N) is 4. The van der Waals surface area contributed by atoms with E-state index in [2.05, 4.69) is 33.2 Å². The van der Waals surface area contributed by atoms with E-state index in [0.717, 1.165) is 37.0 Å². The van der Waals surface area contributed by atoms with Gasteiger partial charge in [-0.15, -0.1) is 0 Å². The fourth-order valence-corrected chi connectivity index (χ4v) is 4.35. The van der Waals surface area contributed by atoms with Crippen molar-refractivity contribution < 1.29 is 5.11 Å². The molecule has 3 aromatic rings. The van der Waals surface area contributed by atoms with Gasteiger partial charge < -0.3 is 14.4 Å². The molecule has 2 aliphatic rings. The number of aromatic nitrogens is 3. The molecule has 134 valence electrons. The lowest BCUT2D eigenvalue weighted by molar-refractivity contribution is 0.0931. The Kier molecular flexibility index (Phi) is 3.89. The lowest BCUT2D eigenvalue weighted by atomic mass is 9.84. The molecule has 0 amide bonds. The van der Waals surface area contributed by atoms with Crippen molar-refractivity contribution in [2.45, 2.75) is 37.7 Å². The van der Waals surface area contributed by atoms with Crippen molar-refractivity contribution >= 4 is 11.2 Å². The predicted molar refractivity (Wildman–Crippen MR) is 101 cm³/mol. The van der Waals surface area contributed by atoms with Crippen LogP contribution < -0.4 is 4.90 Å². The van der Waals surface area contributed by atoms with E-state index in [0.29, 0.717) is 11.8 Å². The van der Waals surface area contributed by atoms with Gasteiger partial charge >= 0.3 is 0 Å². The summed E-state index contributed by atoms with van der Waals surface area (Å²) in [5, 5.41) is 11.3. The fourth-order valence-electron chi connectivity index (χ4n) is 4.35. The van der Waals surface area contributed by atoms with Gasteiger partial charge in [0.2, 0.25) is 0 Å². The number of hydrogen-bond acceptors (Lipinski definition) is 4. The Morgan fingerprint density at radius 2 is 1.88 bits per heavy atom.